The van der Waals surface area contributed by atoms with Gasteiger partial charge in [-0.05, 0) is 0 Å². The molecule has 0 unspecified atom stereocenters. The van der Waals surface area contributed by atoms with E-state index in [9.17, 15) is 0 Å². The van der Waals surface area contributed by atoms with E-state index in [0.29, 0.717) is 5.01 Å². The number of nitrogens with zero attached hydrogens (tertiary/aromatic N) is 3. The zero-order valence-corrected chi connectivity index (χ0v) is 4.07. The smallest absolute Gasteiger partial charge is 0.190 e. The Morgan fingerprint density at radius 1 is 1.86 bits per heavy atom. The van der Waals surface area contributed by atoms with E-state index in [1.54, 1.807) is 0 Å². The van der Waals surface area contributed by atoms with Gasteiger partial charge in [-0.1, -0.05) is 11.3 Å². The van der Waals surface area contributed by atoms with E-state index in [-0.39, 0.29) is 0 Å². The molecule has 0 aliphatic heterocycles. The van der Waals surface area contributed by atoms with E-state index in [4.69, 9.17) is 5.26 Å². The monoisotopic (exact) mass is 110 g/mol. The van der Waals surface area contributed by atoms with Gasteiger partial charge in [0.05, 0.1) is 0 Å². The van der Waals surface area contributed by atoms with Gasteiger partial charge in [-0.3, -0.25) is 0 Å². The first-order valence-corrected chi connectivity index (χ1v) is 2.35. The van der Waals surface area contributed by atoms with Crippen molar-refractivity contribution < 1.29 is 0 Å². The average molecular weight is 110 g/mol. The van der Waals surface area contributed by atoms with Crippen molar-refractivity contribution in [2.24, 2.45) is 0 Å². The molecule has 0 bridgehead atoms. The highest BCUT2D eigenvalue weighted by Gasteiger charge is 1.87. The molecular weight excluding hydrogens is 110 g/mol. The Kier molecular flexibility index (Phi) is 1.00. The van der Waals surface area contributed by atoms with E-state index in [1.807, 2.05) is 6.07 Å². The van der Waals surface area contributed by atoms with Crippen LogP contribution >= 0.6 is 11.3 Å². The summed E-state index contributed by atoms with van der Waals surface area (Å²) in [6, 6.07) is 1.82. The van der Waals surface area contributed by atoms with E-state index < -0.39 is 0 Å². The van der Waals surface area contributed by atoms with Crippen LogP contribution in [0.15, 0.2) is 0 Å². The third kappa shape index (κ3) is 0.725. The molecule has 0 aromatic carbocycles. The maximum atomic E-state index is 8.06. The molecule has 0 aliphatic carbocycles. The standard InChI is InChI=1S/C3N3S/c4-1-3-6-5-2-7-3. The number of hydrogen-bond donors (Lipinski definition) is 0. The number of aromatic nitrogens is 2. The molecule has 33 valence electrons. The van der Waals surface area contributed by atoms with Crippen LogP contribution in [-0.2, 0) is 0 Å². The van der Waals surface area contributed by atoms with Crippen molar-refractivity contribution in [1.29, 1.82) is 5.26 Å². The van der Waals surface area contributed by atoms with Crippen LogP contribution in [0.1, 0.15) is 5.01 Å². The highest BCUT2D eigenvalue weighted by atomic mass is 32.1. The second-order valence-corrected chi connectivity index (χ2v) is 1.58. The second kappa shape index (κ2) is 1.67. The molecule has 4 heteroatoms. The van der Waals surface area contributed by atoms with Crippen molar-refractivity contribution in [3.05, 3.63) is 10.5 Å². The first kappa shape index (κ1) is 4.22. The SMILES string of the molecule is N#Cc1nn[c]s1. The van der Waals surface area contributed by atoms with Gasteiger partial charge in [0.15, 0.2) is 5.51 Å². The van der Waals surface area contributed by atoms with Crippen LogP contribution in [0.3, 0.4) is 0 Å². The minimum absolute atomic E-state index is 0.361. The molecule has 0 spiro atoms. The van der Waals surface area contributed by atoms with Gasteiger partial charge in [-0.15, -0.1) is 10.2 Å². The van der Waals surface area contributed by atoms with Gasteiger partial charge in [0.1, 0.15) is 6.07 Å². The third-order valence-corrected chi connectivity index (χ3v) is 0.959. The fraction of sp³-hybridized carbons (Fsp3) is 0. The summed E-state index contributed by atoms with van der Waals surface area (Å²) in [5.74, 6) is 0. The number of nitriles is 1. The van der Waals surface area contributed by atoms with Crippen LogP contribution in [0.25, 0.3) is 0 Å². The van der Waals surface area contributed by atoms with Crippen molar-refractivity contribution in [3.63, 3.8) is 0 Å². The summed E-state index contributed by atoms with van der Waals surface area (Å²) in [4.78, 5) is 0. The largest absolute Gasteiger partial charge is 0.218 e. The first-order chi connectivity index (χ1) is 3.43. The normalized spacial score (nSPS) is 7.86. The van der Waals surface area contributed by atoms with E-state index >= 15 is 0 Å². The Morgan fingerprint density at radius 2 is 2.71 bits per heavy atom. The van der Waals surface area contributed by atoms with E-state index in [1.165, 1.54) is 0 Å². The molecule has 1 aromatic rings. The Hall–Kier alpha value is -0.950. The molecule has 0 saturated carbocycles. The van der Waals surface area contributed by atoms with Crippen molar-refractivity contribution >= 4 is 11.3 Å². The summed E-state index contributed by atoms with van der Waals surface area (Å²) in [5.41, 5.74) is 2.44. The predicted molar refractivity (Wildman–Crippen MR) is 23.5 cm³/mol. The van der Waals surface area contributed by atoms with Gasteiger partial charge in [0.25, 0.3) is 0 Å². The van der Waals surface area contributed by atoms with Gasteiger partial charge in [-0.25, -0.2) is 0 Å². The average Bonchev–Trinajstić information content (AvgIpc) is 2.14. The van der Waals surface area contributed by atoms with Crippen molar-refractivity contribution in [1.82, 2.24) is 10.2 Å². The lowest BCUT2D eigenvalue weighted by Gasteiger charge is -1.58. The molecule has 1 radical (unpaired) electrons. The summed E-state index contributed by atoms with van der Waals surface area (Å²) >= 11 is 1.11. The zero-order valence-electron chi connectivity index (χ0n) is 3.25. The number of hydrogen-bond acceptors (Lipinski definition) is 4. The van der Waals surface area contributed by atoms with Crippen molar-refractivity contribution in [3.8, 4) is 6.07 Å². The Morgan fingerprint density at radius 3 is 3.00 bits per heavy atom. The molecule has 0 fully saturated rings. The molecule has 1 rings (SSSR count). The summed E-state index contributed by atoms with van der Waals surface area (Å²) in [6.45, 7) is 0. The fourth-order valence-electron chi connectivity index (χ4n) is 0.195. The first-order valence-electron chi connectivity index (χ1n) is 1.53. The third-order valence-electron chi connectivity index (χ3n) is 0.420. The van der Waals surface area contributed by atoms with Gasteiger partial charge in [-0.2, -0.15) is 5.26 Å². The quantitative estimate of drug-likeness (QED) is 0.479. The molecule has 0 saturated heterocycles. The lowest BCUT2D eigenvalue weighted by atomic mass is 10.8. The summed E-state index contributed by atoms with van der Waals surface area (Å²) in [6.07, 6.45) is 0. The van der Waals surface area contributed by atoms with Crippen LogP contribution in [0, 0.1) is 16.8 Å². The molecule has 1 heterocycles. The van der Waals surface area contributed by atoms with Crippen LogP contribution in [0.4, 0.5) is 0 Å². The highest BCUT2D eigenvalue weighted by Crippen LogP contribution is 1.94. The molecule has 7 heavy (non-hydrogen) atoms. The van der Waals surface area contributed by atoms with Crippen molar-refractivity contribution in [2.75, 3.05) is 0 Å². The lowest BCUT2D eigenvalue weighted by Crippen LogP contribution is -1.67. The molecular formula is C3N3S. The Balaban J connectivity index is 3.04. The maximum Gasteiger partial charge on any atom is 0.218 e. The van der Waals surface area contributed by atoms with Gasteiger partial charge in [0, 0.05) is 0 Å². The van der Waals surface area contributed by atoms with Crippen molar-refractivity contribution in [2.45, 2.75) is 0 Å². The Bertz CT molecular complexity index is 173. The van der Waals surface area contributed by atoms with Gasteiger partial charge >= 0.3 is 0 Å². The molecule has 1 aromatic heterocycles. The Labute approximate surface area is 44.2 Å². The second-order valence-electron chi connectivity index (χ2n) is 0.810. The van der Waals surface area contributed by atoms with Crippen LogP contribution in [-0.4, -0.2) is 10.2 Å². The summed E-state index contributed by atoms with van der Waals surface area (Å²) < 4.78 is 0. The van der Waals surface area contributed by atoms with Gasteiger partial charge < -0.3 is 0 Å². The number of rotatable bonds is 0. The molecule has 0 amide bonds. The van der Waals surface area contributed by atoms with E-state index in [2.05, 4.69) is 15.7 Å². The minimum Gasteiger partial charge on any atom is -0.190 e. The topological polar surface area (TPSA) is 49.6 Å². The predicted octanol–water partition coefficient (Wildman–Crippen LogP) is 0.210. The molecule has 3 nitrogen and oxygen atoms in total. The molecule has 0 aliphatic rings. The van der Waals surface area contributed by atoms with Crippen LogP contribution in [0.2, 0.25) is 0 Å². The molecule has 0 atom stereocenters. The van der Waals surface area contributed by atoms with Crippen LogP contribution in [0.5, 0.6) is 0 Å². The molecule has 0 N–H and O–H groups in total. The maximum absolute atomic E-state index is 8.06. The highest BCUT2D eigenvalue weighted by molar-refractivity contribution is 7.09. The minimum atomic E-state index is 0.361. The fourth-order valence-corrected chi connectivity index (χ4v) is 0.490. The summed E-state index contributed by atoms with van der Waals surface area (Å²) in [7, 11) is 0. The zero-order chi connectivity index (χ0) is 5.11. The summed E-state index contributed by atoms with van der Waals surface area (Å²) in [5, 5.41) is 15.1. The van der Waals surface area contributed by atoms with E-state index in [0.717, 1.165) is 11.3 Å². The van der Waals surface area contributed by atoms with Crippen LogP contribution < -0.4 is 0 Å². The lowest BCUT2D eigenvalue weighted by molar-refractivity contribution is 1.07. The van der Waals surface area contributed by atoms with Gasteiger partial charge in [0.2, 0.25) is 5.01 Å².